The molecular formula is C6H14N3O5P. The number of aliphatic carboxylic acids is 1. The molecule has 0 aliphatic heterocycles. The molecule has 0 aliphatic rings. The lowest BCUT2D eigenvalue weighted by Gasteiger charge is -2.20. The average Bonchev–Trinajstić information content (AvgIpc) is 1.99. The van der Waals surface area contributed by atoms with E-state index in [0.717, 1.165) is 4.90 Å². The van der Waals surface area contributed by atoms with Crippen molar-refractivity contribution in [2.24, 2.45) is 10.5 Å². The SMILES string of the molecule is CCCN(CC(=O)O)C(N)=NP(=O)(O)O. The molecule has 0 saturated carbocycles. The molecule has 0 aromatic rings. The molecule has 88 valence electrons. The fraction of sp³-hybridized carbons (Fsp3) is 0.667. The van der Waals surface area contributed by atoms with Crippen molar-refractivity contribution in [3.05, 3.63) is 0 Å². The minimum Gasteiger partial charge on any atom is -0.480 e. The Balaban J connectivity index is 4.68. The summed E-state index contributed by atoms with van der Waals surface area (Å²) in [5.41, 5.74) is 5.26. The van der Waals surface area contributed by atoms with E-state index in [0.29, 0.717) is 6.42 Å². The smallest absolute Gasteiger partial charge is 0.451 e. The number of nitrogens with zero attached hydrogens (tertiary/aromatic N) is 2. The highest BCUT2D eigenvalue weighted by Gasteiger charge is 2.17. The van der Waals surface area contributed by atoms with E-state index in [-0.39, 0.29) is 6.54 Å². The van der Waals surface area contributed by atoms with Gasteiger partial charge in [0.15, 0.2) is 0 Å². The van der Waals surface area contributed by atoms with Gasteiger partial charge in [-0.25, -0.2) is 4.57 Å². The lowest BCUT2D eigenvalue weighted by Crippen LogP contribution is -2.41. The fourth-order valence-electron chi connectivity index (χ4n) is 0.905. The number of nitrogens with two attached hydrogens (primary N) is 1. The summed E-state index contributed by atoms with van der Waals surface area (Å²) in [7, 11) is -4.61. The Bertz CT molecular complexity index is 299. The average molecular weight is 239 g/mol. The molecule has 15 heavy (non-hydrogen) atoms. The monoisotopic (exact) mass is 239 g/mol. The van der Waals surface area contributed by atoms with Crippen LogP contribution in [0.25, 0.3) is 0 Å². The molecule has 0 radical (unpaired) electrons. The van der Waals surface area contributed by atoms with Crippen molar-refractivity contribution < 1.29 is 24.3 Å². The van der Waals surface area contributed by atoms with Gasteiger partial charge in [-0.3, -0.25) is 4.79 Å². The van der Waals surface area contributed by atoms with Crippen LogP contribution < -0.4 is 5.73 Å². The van der Waals surface area contributed by atoms with Crippen molar-refractivity contribution in [3.8, 4) is 0 Å². The molecule has 0 atom stereocenters. The number of hydrogen-bond acceptors (Lipinski definition) is 2. The summed E-state index contributed by atoms with van der Waals surface area (Å²) >= 11 is 0. The predicted octanol–water partition coefficient (Wildman–Crippen LogP) is -0.810. The number of carboxylic acids is 1. The highest BCUT2D eigenvalue weighted by Crippen LogP contribution is 2.36. The second kappa shape index (κ2) is 5.69. The minimum absolute atomic E-state index is 0.266. The van der Waals surface area contributed by atoms with E-state index >= 15 is 0 Å². The van der Waals surface area contributed by atoms with Gasteiger partial charge in [-0.2, -0.15) is 0 Å². The normalized spacial score (nSPS) is 12.6. The van der Waals surface area contributed by atoms with Crippen LogP contribution >= 0.6 is 7.75 Å². The Morgan fingerprint density at radius 1 is 1.53 bits per heavy atom. The van der Waals surface area contributed by atoms with E-state index in [2.05, 4.69) is 4.76 Å². The molecule has 0 aromatic carbocycles. The standard InChI is InChI=1S/C6H14N3O5P/c1-2-3-9(4-5(10)11)6(7)8-15(12,13)14/h2-4H2,1H3,(H,10,11)(H4,7,8,12,13,14). The van der Waals surface area contributed by atoms with Gasteiger partial charge in [0.2, 0.25) is 5.96 Å². The van der Waals surface area contributed by atoms with Crippen LogP contribution in [-0.4, -0.2) is 44.8 Å². The Kier molecular flexibility index (Phi) is 5.27. The first kappa shape index (κ1) is 13.9. The van der Waals surface area contributed by atoms with Crippen molar-refractivity contribution in [1.29, 1.82) is 0 Å². The zero-order valence-electron chi connectivity index (χ0n) is 8.20. The third-order valence-electron chi connectivity index (χ3n) is 1.38. The van der Waals surface area contributed by atoms with E-state index in [1.807, 2.05) is 0 Å². The molecule has 8 nitrogen and oxygen atoms in total. The quantitative estimate of drug-likeness (QED) is 0.280. The topological polar surface area (TPSA) is 136 Å². The molecule has 5 N–H and O–H groups in total. The molecule has 9 heteroatoms. The van der Waals surface area contributed by atoms with Crippen LogP contribution in [0.2, 0.25) is 0 Å². The fourth-order valence-corrected chi connectivity index (χ4v) is 1.30. The largest absolute Gasteiger partial charge is 0.480 e. The van der Waals surface area contributed by atoms with Gasteiger partial charge in [-0.15, -0.1) is 4.76 Å². The van der Waals surface area contributed by atoms with Gasteiger partial charge in [0, 0.05) is 6.54 Å². The lowest BCUT2D eigenvalue weighted by molar-refractivity contribution is -0.137. The summed E-state index contributed by atoms with van der Waals surface area (Å²) in [5.74, 6) is -1.61. The van der Waals surface area contributed by atoms with E-state index < -0.39 is 26.2 Å². The maximum atomic E-state index is 10.5. The van der Waals surface area contributed by atoms with Gasteiger partial charge in [0.1, 0.15) is 6.54 Å². The Morgan fingerprint density at radius 2 is 2.07 bits per heavy atom. The molecule has 0 fully saturated rings. The number of carbonyl (C=O) groups is 1. The van der Waals surface area contributed by atoms with Gasteiger partial charge in [-0.1, -0.05) is 6.92 Å². The van der Waals surface area contributed by atoms with E-state index in [1.165, 1.54) is 0 Å². The van der Waals surface area contributed by atoms with Gasteiger partial charge in [-0.05, 0) is 6.42 Å². The zero-order chi connectivity index (χ0) is 12.1. The molecular weight excluding hydrogens is 225 g/mol. The van der Waals surface area contributed by atoms with Crippen molar-refractivity contribution in [1.82, 2.24) is 4.90 Å². The van der Waals surface area contributed by atoms with E-state index in [1.54, 1.807) is 6.92 Å². The molecule has 0 bridgehead atoms. The molecule has 0 aromatic heterocycles. The molecule has 0 saturated heterocycles. The molecule has 0 aliphatic carbocycles. The summed E-state index contributed by atoms with van der Waals surface area (Å²) in [4.78, 5) is 28.5. The summed E-state index contributed by atoms with van der Waals surface area (Å²) < 4.78 is 13.4. The Morgan fingerprint density at radius 3 is 2.40 bits per heavy atom. The molecule has 0 rings (SSSR count). The third-order valence-corrected chi connectivity index (χ3v) is 1.84. The highest BCUT2D eigenvalue weighted by molar-refractivity contribution is 7.50. The minimum atomic E-state index is -4.61. The van der Waals surface area contributed by atoms with E-state index in [9.17, 15) is 9.36 Å². The van der Waals surface area contributed by atoms with Gasteiger partial charge >= 0.3 is 13.7 Å². The van der Waals surface area contributed by atoms with Crippen molar-refractivity contribution in [2.45, 2.75) is 13.3 Å². The second-order valence-corrected chi connectivity index (χ2v) is 4.01. The first-order chi connectivity index (χ1) is 6.76. The number of hydrogen-bond donors (Lipinski definition) is 4. The number of rotatable bonds is 5. The van der Waals surface area contributed by atoms with Crippen LogP contribution in [-0.2, 0) is 9.36 Å². The van der Waals surface area contributed by atoms with Crippen LogP contribution in [0.3, 0.4) is 0 Å². The lowest BCUT2D eigenvalue weighted by atomic mass is 10.4. The first-order valence-corrected chi connectivity index (χ1v) is 5.70. The summed E-state index contributed by atoms with van der Waals surface area (Å²) in [6.45, 7) is 1.60. The Labute approximate surface area is 86.6 Å². The van der Waals surface area contributed by atoms with Crippen molar-refractivity contribution in [2.75, 3.05) is 13.1 Å². The van der Waals surface area contributed by atoms with Crippen LogP contribution in [0.15, 0.2) is 4.76 Å². The van der Waals surface area contributed by atoms with Crippen molar-refractivity contribution >= 4 is 19.7 Å². The zero-order valence-corrected chi connectivity index (χ0v) is 9.09. The maximum Gasteiger partial charge on any atom is 0.451 e. The van der Waals surface area contributed by atoms with Gasteiger partial charge in [0.05, 0.1) is 0 Å². The van der Waals surface area contributed by atoms with E-state index in [4.69, 9.17) is 20.6 Å². The first-order valence-electron chi connectivity index (χ1n) is 4.14. The molecule has 0 heterocycles. The predicted molar refractivity (Wildman–Crippen MR) is 53.2 cm³/mol. The van der Waals surface area contributed by atoms with Crippen LogP contribution in [0.4, 0.5) is 0 Å². The maximum absolute atomic E-state index is 10.5. The highest BCUT2D eigenvalue weighted by atomic mass is 31.2. The number of carboxylic acid groups (broad SMARTS) is 1. The molecule has 0 amide bonds. The molecule has 0 spiro atoms. The third kappa shape index (κ3) is 6.89. The number of guanidine groups is 1. The van der Waals surface area contributed by atoms with Gasteiger partial charge in [0.25, 0.3) is 0 Å². The molecule has 0 unspecified atom stereocenters. The van der Waals surface area contributed by atoms with Crippen LogP contribution in [0.1, 0.15) is 13.3 Å². The van der Waals surface area contributed by atoms with Gasteiger partial charge < -0.3 is 25.5 Å². The van der Waals surface area contributed by atoms with Crippen molar-refractivity contribution in [3.63, 3.8) is 0 Å². The second-order valence-electron chi connectivity index (χ2n) is 2.79. The summed E-state index contributed by atoms with van der Waals surface area (Å²) in [6, 6.07) is 0. The van der Waals surface area contributed by atoms with Crippen LogP contribution in [0.5, 0.6) is 0 Å². The summed E-state index contributed by atoms with van der Waals surface area (Å²) in [5, 5.41) is 8.51. The van der Waals surface area contributed by atoms with Crippen LogP contribution in [0, 0.1) is 0 Å². The summed E-state index contributed by atoms with van der Waals surface area (Å²) in [6.07, 6.45) is 0.588. The Hall–Kier alpha value is -1.11.